The van der Waals surface area contributed by atoms with Crippen LogP contribution in [0.1, 0.15) is 12.0 Å². The molecular weight excluding hydrogens is 430 g/mol. The van der Waals surface area contributed by atoms with Gasteiger partial charge in [0.1, 0.15) is 5.82 Å². The first kappa shape index (κ1) is 21.5. The lowest BCUT2D eigenvalue weighted by Crippen LogP contribution is -2.32. The normalized spacial score (nSPS) is 10.6. The molecule has 2 N–H and O–H groups in total. The zero-order valence-corrected chi connectivity index (χ0v) is 17.0. The van der Waals surface area contributed by atoms with Crippen LogP contribution in [0.5, 0.6) is 0 Å². The summed E-state index contributed by atoms with van der Waals surface area (Å²) in [6.45, 7) is 2.18. The highest BCUT2D eigenvalue weighted by molar-refractivity contribution is 9.10. The number of halogens is 1. The van der Waals surface area contributed by atoms with E-state index < -0.39 is 4.92 Å². The zero-order valence-electron chi connectivity index (χ0n) is 15.4. The molecule has 10 heteroatoms. The van der Waals surface area contributed by atoms with Gasteiger partial charge >= 0.3 is 0 Å². The monoisotopic (exact) mass is 449 g/mol. The van der Waals surface area contributed by atoms with Crippen molar-refractivity contribution in [1.82, 2.24) is 9.88 Å². The van der Waals surface area contributed by atoms with Crippen LogP contribution < -0.4 is 10.6 Å². The number of nitrogens with one attached hydrogen (secondary N) is 2. The minimum Gasteiger partial charge on any atom is -0.326 e. The molecule has 0 radical (unpaired) electrons. The van der Waals surface area contributed by atoms with Gasteiger partial charge in [0, 0.05) is 41.5 Å². The van der Waals surface area contributed by atoms with Crippen molar-refractivity contribution in [2.24, 2.45) is 0 Å². The number of pyridine rings is 1. The standard InChI is InChI=1S/C18H20BrN5O4/c1-12-9-14(24(27)28)4-5-15(12)21-17(25)7-8-23(2)11-18(26)22-16-6-3-13(19)10-20-16/h3-6,9-10H,7-8,11H2,1-2H3,(H,21,25)(H,20,22,26). The Labute approximate surface area is 170 Å². The first-order valence-electron chi connectivity index (χ1n) is 8.39. The van der Waals surface area contributed by atoms with E-state index in [1.807, 2.05) is 0 Å². The average molecular weight is 450 g/mol. The highest BCUT2D eigenvalue weighted by Crippen LogP contribution is 2.21. The van der Waals surface area contributed by atoms with E-state index >= 15 is 0 Å². The summed E-state index contributed by atoms with van der Waals surface area (Å²) < 4.78 is 0.817. The molecule has 0 bridgehead atoms. The van der Waals surface area contributed by atoms with Crippen molar-refractivity contribution in [1.29, 1.82) is 0 Å². The fraction of sp³-hybridized carbons (Fsp3) is 0.278. The summed E-state index contributed by atoms with van der Waals surface area (Å²) in [5, 5.41) is 16.2. The number of aryl methyl sites for hydroxylation is 1. The second kappa shape index (κ2) is 9.90. The summed E-state index contributed by atoms with van der Waals surface area (Å²) in [6, 6.07) is 7.71. The van der Waals surface area contributed by atoms with E-state index in [-0.39, 0.29) is 30.5 Å². The number of nitro groups is 1. The molecule has 2 amide bonds. The molecule has 0 aliphatic carbocycles. The number of amides is 2. The number of rotatable bonds is 8. The molecule has 0 saturated carbocycles. The lowest BCUT2D eigenvalue weighted by Gasteiger charge is -2.16. The van der Waals surface area contributed by atoms with Gasteiger partial charge in [-0.15, -0.1) is 0 Å². The number of anilines is 2. The average Bonchev–Trinajstić information content (AvgIpc) is 2.63. The van der Waals surface area contributed by atoms with Gasteiger partial charge in [0.2, 0.25) is 11.8 Å². The minimum absolute atomic E-state index is 0.0264. The van der Waals surface area contributed by atoms with E-state index in [2.05, 4.69) is 31.5 Å². The number of nitrogens with zero attached hydrogens (tertiary/aromatic N) is 3. The Bertz CT molecular complexity index is 873. The summed E-state index contributed by atoms with van der Waals surface area (Å²) in [5.74, 6) is -0.0179. The molecule has 0 aliphatic heterocycles. The molecule has 0 saturated heterocycles. The predicted octanol–water partition coefficient (Wildman–Crippen LogP) is 2.96. The smallest absolute Gasteiger partial charge is 0.269 e. The fourth-order valence-corrected chi connectivity index (χ4v) is 2.60. The summed E-state index contributed by atoms with van der Waals surface area (Å²) in [4.78, 5) is 40.2. The number of carbonyl (C=O) groups excluding carboxylic acids is 2. The second-order valence-electron chi connectivity index (χ2n) is 6.20. The maximum atomic E-state index is 12.1. The third-order valence-corrected chi connectivity index (χ3v) is 4.29. The van der Waals surface area contributed by atoms with Crippen molar-refractivity contribution in [3.8, 4) is 0 Å². The molecule has 0 aliphatic rings. The maximum absolute atomic E-state index is 12.1. The quantitative estimate of drug-likeness (QED) is 0.472. The number of benzene rings is 1. The van der Waals surface area contributed by atoms with Crippen LogP contribution in [0, 0.1) is 17.0 Å². The third-order valence-electron chi connectivity index (χ3n) is 3.82. The number of likely N-dealkylation sites (N-methyl/N-ethyl adjacent to an activating group) is 1. The number of aromatic nitrogens is 1. The number of hydrogen-bond donors (Lipinski definition) is 2. The molecule has 1 aromatic heterocycles. The molecule has 0 fully saturated rings. The molecular formula is C18H20BrN5O4. The van der Waals surface area contributed by atoms with Gasteiger partial charge in [-0.1, -0.05) is 0 Å². The predicted molar refractivity (Wildman–Crippen MR) is 109 cm³/mol. The largest absolute Gasteiger partial charge is 0.326 e. The molecule has 2 rings (SSSR count). The van der Waals surface area contributed by atoms with Crippen LogP contribution in [0.3, 0.4) is 0 Å². The lowest BCUT2D eigenvalue weighted by molar-refractivity contribution is -0.384. The second-order valence-corrected chi connectivity index (χ2v) is 7.12. The summed E-state index contributed by atoms with van der Waals surface area (Å²) in [7, 11) is 1.74. The molecule has 1 aromatic carbocycles. The van der Waals surface area contributed by atoms with Crippen LogP contribution >= 0.6 is 15.9 Å². The molecule has 2 aromatic rings. The lowest BCUT2D eigenvalue weighted by atomic mass is 10.1. The van der Waals surface area contributed by atoms with E-state index in [9.17, 15) is 19.7 Å². The molecule has 0 unspecified atom stereocenters. The van der Waals surface area contributed by atoms with E-state index in [1.54, 1.807) is 37.2 Å². The van der Waals surface area contributed by atoms with Crippen molar-refractivity contribution in [3.63, 3.8) is 0 Å². The number of nitro benzene ring substituents is 1. The van der Waals surface area contributed by atoms with Gasteiger partial charge in [0.15, 0.2) is 0 Å². The van der Waals surface area contributed by atoms with Crippen molar-refractivity contribution < 1.29 is 14.5 Å². The number of non-ortho nitro benzene ring substituents is 1. The highest BCUT2D eigenvalue weighted by Gasteiger charge is 2.12. The van der Waals surface area contributed by atoms with Gasteiger partial charge in [0.25, 0.3) is 5.69 Å². The van der Waals surface area contributed by atoms with E-state index in [1.165, 1.54) is 18.2 Å². The molecule has 9 nitrogen and oxygen atoms in total. The van der Waals surface area contributed by atoms with Crippen molar-refractivity contribution in [2.45, 2.75) is 13.3 Å². The first-order valence-corrected chi connectivity index (χ1v) is 9.18. The Morgan fingerprint density at radius 1 is 1.21 bits per heavy atom. The molecule has 0 spiro atoms. The van der Waals surface area contributed by atoms with Crippen LogP contribution in [-0.2, 0) is 9.59 Å². The first-order chi connectivity index (χ1) is 13.2. The van der Waals surface area contributed by atoms with E-state index in [0.717, 1.165) is 4.47 Å². The topological polar surface area (TPSA) is 117 Å². The number of hydrogen-bond acceptors (Lipinski definition) is 6. The Hall–Kier alpha value is -2.85. The van der Waals surface area contributed by atoms with E-state index in [0.29, 0.717) is 23.6 Å². The van der Waals surface area contributed by atoms with Crippen molar-refractivity contribution in [3.05, 3.63) is 56.7 Å². The number of carbonyl (C=O) groups is 2. The van der Waals surface area contributed by atoms with Crippen LogP contribution in [0.2, 0.25) is 0 Å². The Morgan fingerprint density at radius 3 is 2.57 bits per heavy atom. The summed E-state index contributed by atoms with van der Waals surface area (Å²) in [5.41, 5.74) is 1.11. The fourth-order valence-electron chi connectivity index (χ4n) is 2.36. The highest BCUT2D eigenvalue weighted by atomic mass is 79.9. The van der Waals surface area contributed by atoms with Crippen LogP contribution in [-0.4, -0.2) is 46.8 Å². The van der Waals surface area contributed by atoms with Crippen LogP contribution in [0.4, 0.5) is 17.2 Å². The van der Waals surface area contributed by atoms with Gasteiger partial charge in [-0.3, -0.25) is 24.6 Å². The van der Waals surface area contributed by atoms with Gasteiger partial charge in [0.05, 0.1) is 11.5 Å². The van der Waals surface area contributed by atoms with Crippen LogP contribution in [0.15, 0.2) is 41.0 Å². The Balaban J connectivity index is 1.78. The van der Waals surface area contributed by atoms with Gasteiger partial charge in [-0.2, -0.15) is 0 Å². The molecule has 28 heavy (non-hydrogen) atoms. The van der Waals surface area contributed by atoms with Gasteiger partial charge < -0.3 is 10.6 Å². The molecule has 148 valence electrons. The molecule has 1 heterocycles. The van der Waals surface area contributed by atoms with Crippen molar-refractivity contribution >= 4 is 44.9 Å². The summed E-state index contributed by atoms with van der Waals surface area (Å²) in [6.07, 6.45) is 1.76. The van der Waals surface area contributed by atoms with Gasteiger partial charge in [-0.05, 0) is 53.7 Å². The van der Waals surface area contributed by atoms with E-state index in [4.69, 9.17) is 0 Å². The molecule has 0 atom stereocenters. The van der Waals surface area contributed by atoms with Crippen LogP contribution in [0.25, 0.3) is 0 Å². The maximum Gasteiger partial charge on any atom is 0.269 e. The van der Waals surface area contributed by atoms with Crippen molar-refractivity contribution in [2.75, 3.05) is 30.8 Å². The third kappa shape index (κ3) is 6.71. The summed E-state index contributed by atoms with van der Waals surface area (Å²) >= 11 is 3.27. The van der Waals surface area contributed by atoms with Gasteiger partial charge in [-0.25, -0.2) is 4.98 Å². The Morgan fingerprint density at radius 2 is 1.96 bits per heavy atom. The minimum atomic E-state index is -0.484. The zero-order chi connectivity index (χ0) is 20.7. The Kier molecular flexibility index (Phi) is 7.59. The SMILES string of the molecule is Cc1cc([N+](=O)[O-])ccc1NC(=O)CCN(C)CC(=O)Nc1ccc(Br)cn1.